The van der Waals surface area contributed by atoms with Gasteiger partial charge in [0.25, 0.3) is 0 Å². The van der Waals surface area contributed by atoms with Gasteiger partial charge >= 0.3 is 0 Å². The second-order valence-corrected chi connectivity index (χ2v) is 2.36. The number of aromatic nitrogens is 1. The Balaban J connectivity index is 2.56. The lowest BCUT2D eigenvalue weighted by atomic mass is 10.4. The normalized spacial score (nSPS) is 9.55. The van der Waals surface area contributed by atoms with Gasteiger partial charge in [-0.1, -0.05) is 6.92 Å². The van der Waals surface area contributed by atoms with Crippen LogP contribution in [0.4, 0.5) is 5.69 Å². The van der Waals surface area contributed by atoms with E-state index in [2.05, 4.69) is 17.2 Å². The molecule has 0 aliphatic carbocycles. The average molecular weight is 152 g/mol. The molecule has 0 saturated carbocycles. The van der Waals surface area contributed by atoms with E-state index in [1.54, 1.807) is 12.3 Å². The number of anilines is 1. The third kappa shape index (κ3) is 2.45. The molecule has 0 fully saturated rings. The van der Waals surface area contributed by atoms with Crippen molar-refractivity contribution >= 4 is 5.69 Å². The Morgan fingerprint density at radius 1 is 1.55 bits per heavy atom. The number of hydrogen-bond donors (Lipinski definition) is 2. The van der Waals surface area contributed by atoms with Crippen molar-refractivity contribution in [2.45, 2.75) is 13.3 Å². The Morgan fingerprint density at radius 3 is 3.00 bits per heavy atom. The van der Waals surface area contributed by atoms with Crippen molar-refractivity contribution in [3.8, 4) is 5.75 Å². The van der Waals surface area contributed by atoms with Gasteiger partial charge < -0.3 is 10.4 Å². The van der Waals surface area contributed by atoms with E-state index in [0.29, 0.717) is 0 Å². The first-order valence-corrected chi connectivity index (χ1v) is 3.71. The molecule has 0 unspecified atom stereocenters. The second kappa shape index (κ2) is 3.81. The van der Waals surface area contributed by atoms with Crippen molar-refractivity contribution in [2.24, 2.45) is 0 Å². The van der Waals surface area contributed by atoms with E-state index in [1.807, 2.05) is 0 Å². The lowest BCUT2D eigenvalue weighted by Gasteiger charge is -2.02. The van der Waals surface area contributed by atoms with Crippen LogP contribution >= 0.6 is 0 Å². The average Bonchev–Trinajstić information content (AvgIpc) is 2.01. The number of nitrogens with zero attached hydrogens (tertiary/aromatic N) is 1. The molecule has 60 valence electrons. The fraction of sp³-hybridized carbons (Fsp3) is 0.375. The first kappa shape index (κ1) is 7.85. The van der Waals surface area contributed by atoms with Gasteiger partial charge in [0.2, 0.25) is 0 Å². The van der Waals surface area contributed by atoms with Crippen LogP contribution in [0.15, 0.2) is 18.5 Å². The van der Waals surface area contributed by atoms with Crippen molar-refractivity contribution in [2.75, 3.05) is 11.9 Å². The maximum atomic E-state index is 9.01. The minimum atomic E-state index is 0.200. The van der Waals surface area contributed by atoms with Crippen LogP contribution in [0.1, 0.15) is 13.3 Å². The van der Waals surface area contributed by atoms with Gasteiger partial charge in [-0.15, -0.1) is 0 Å². The van der Waals surface area contributed by atoms with Crippen molar-refractivity contribution < 1.29 is 5.11 Å². The number of rotatable bonds is 3. The molecule has 0 saturated heterocycles. The fourth-order valence-electron chi connectivity index (χ4n) is 0.794. The van der Waals surface area contributed by atoms with Gasteiger partial charge in [-0.3, -0.25) is 4.98 Å². The van der Waals surface area contributed by atoms with Crippen LogP contribution in [0.3, 0.4) is 0 Å². The highest BCUT2D eigenvalue weighted by molar-refractivity contribution is 5.44. The molecule has 3 heteroatoms. The van der Waals surface area contributed by atoms with Gasteiger partial charge in [-0.2, -0.15) is 0 Å². The number of hydrogen-bond acceptors (Lipinski definition) is 3. The highest BCUT2D eigenvalue weighted by atomic mass is 16.3. The zero-order chi connectivity index (χ0) is 8.10. The first-order valence-electron chi connectivity index (χ1n) is 3.71. The molecule has 0 aliphatic heterocycles. The lowest BCUT2D eigenvalue weighted by Crippen LogP contribution is -1.99. The van der Waals surface area contributed by atoms with Gasteiger partial charge in [-0.25, -0.2) is 0 Å². The van der Waals surface area contributed by atoms with E-state index in [1.165, 1.54) is 6.20 Å². The largest absolute Gasteiger partial charge is 0.506 e. The molecule has 0 aliphatic rings. The first-order chi connectivity index (χ1) is 5.33. The molecule has 1 heterocycles. The number of aromatic hydroxyl groups is 1. The molecule has 1 aromatic heterocycles. The number of nitrogens with one attached hydrogen (secondary N) is 1. The lowest BCUT2D eigenvalue weighted by molar-refractivity contribution is 0.473. The van der Waals surface area contributed by atoms with Crippen LogP contribution in [-0.4, -0.2) is 16.6 Å². The third-order valence-electron chi connectivity index (χ3n) is 1.30. The van der Waals surface area contributed by atoms with Gasteiger partial charge in [0.05, 0.1) is 18.1 Å². The van der Waals surface area contributed by atoms with E-state index in [4.69, 9.17) is 5.11 Å². The van der Waals surface area contributed by atoms with E-state index in [-0.39, 0.29) is 5.75 Å². The van der Waals surface area contributed by atoms with E-state index in [0.717, 1.165) is 18.7 Å². The van der Waals surface area contributed by atoms with E-state index in [9.17, 15) is 0 Å². The Hall–Kier alpha value is -1.25. The molecule has 0 amide bonds. The summed E-state index contributed by atoms with van der Waals surface area (Å²) in [6.45, 7) is 2.99. The van der Waals surface area contributed by atoms with Crippen molar-refractivity contribution in [3.63, 3.8) is 0 Å². The maximum absolute atomic E-state index is 9.01. The molecule has 0 bridgehead atoms. The maximum Gasteiger partial charge on any atom is 0.135 e. The predicted octanol–water partition coefficient (Wildman–Crippen LogP) is 1.61. The molecule has 0 spiro atoms. The van der Waals surface area contributed by atoms with Crippen molar-refractivity contribution in [1.29, 1.82) is 0 Å². The Morgan fingerprint density at radius 2 is 2.36 bits per heavy atom. The summed E-state index contributed by atoms with van der Waals surface area (Å²) >= 11 is 0. The zero-order valence-corrected chi connectivity index (χ0v) is 6.54. The van der Waals surface area contributed by atoms with E-state index >= 15 is 0 Å². The molecular formula is C8H12N2O. The highest BCUT2D eigenvalue weighted by Gasteiger charge is 1.91. The standard InChI is InChI=1S/C8H12N2O/c1-2-3-10-7-4-8(11)6-9-5-7/h4-6,10-11H,2-3H2,1H3. The Bertz CT molecular complexity index is 225. The SMILES string of the molecule is CCCNc1cncc(O)c1. The van der Waals surface area contributed by atoms with Crippen molar-refractivity contribution in [3.05, 3.63) is 18.5 Å². The molecule has 3 nitrogen and oxygen atoms in total. The van der Waals surface area contributed by atoms with Crippen LogP contribution < -0.4 is 5.32 Å². The molecule has 0 atom stereocenters. The van der Waals surface area contributed by atoms with Crippen LogP contribution in [-0.2, 0) is 0 Å². The molecule has 0 radical (unpaired) electrons. The van der Waals surface area contributed by atoms with Crippen molar-refractivity contribution in [1.82, 2.24) is 4.98 Å². The van der Waals surface area contributed by atoms with Gasteiger partial charge in [0.15, 0.2) is 0 Å². The quantitative estimate of drug-likeness (QED) is 0.691. The minimum absolute atomic E-state index is 0.200. The van der Waals surface area contributed by atoms with Gasteiger partial charge in [0, 0.05) is 12.6 Å². The number of pyridine rings is 1. The molecule has 2 N–H and O–H groups in total. The smallest absolute Gasteiger partial charge is 0.135 e. The minimum Gasteiger partial charge on any atom is -0.506 e. The summed E-state index contributed by atoms with van der Waals surface area (Å²) in [5.74, 6) is 0.200. The Labute approximate surface area is 66.1 Å². The summed E-state index contributed by atoms with van der Waals surface area (Å²) in [4.78, 5) is 3.82. The van der Waals surface area contributed by atoms with Crippen LogP contribution in [0.2, 0.25) is 0 Å². The summed E-state index contributed by atoms with van der Waals surface area (Å²) in [7, 11) is 0. The van der Waals surface area contributed by atoms with E-state index < -0.39 is 0 Å². The molecule has 11 heavy (non-hydrogen) atoms. The summed E-state index contributed by atoms with van der Waals surface area (Å²) in [6.07, 6.45) is 4.17. The molecule has 0 aromatic carbocycles. The molecule has 1 aromatic rings. The second-order valence-electron chi connectivity index (χ2n) is 2.36. The van der Waals surface area contributed by atoms with Gasteiger partial charge in [-0.05, 0) is 6.42 Å². The molecular weight excluding hydrogens is 140 g/mol. The summed E-state index contributed by atoms with van der Waals surface area (Å²) in [6, 6.07) is 1.66. The summed E-state index contributed by atoms with van der Waals surface area (Å²) in [5.41, 5.74) is 0.867. The third-order valence-corrected chi connectivity index (χ3v) is 1.30. The summed E-state index contributed by atoms with van der Waals surface area (Å²) < 4.78 is 0. The van der Waals surface area contributed by atoms with Crippen LogP contribution in [0, 0.1) is 0 Å². The predicted molar refractivity (Wildman–Crippen MR) is 44.7 cm³/mol. The summed E-state index contributed by atoms with van der Waals surface area (Å²) in [5, 5.41) is 12.1. The monoisotopic (exact) mass is 152 g/mol. The van der Waals surface area contributed by atoms with Crippen LogP contribution in [0.5, 0.6) is 5.75 Å². The zero-order valence-electron chi connectivity index (χ0n) is 6.54. The highest BCUT2D eigenvalue weighted by Crippen LogP contribution is 2.12. The van der Waals surface area contributed by atoms with Gasteiger partial charge in [0.1, 0.15) is 5.75 Å². The Kier molecular flexibility index (Phi) is 2.72. The topological polar surface area (TPSA) is 45.2 Å². The fourth-order valence-corrected chi connectivity index (χ4v) is 0.794. The van der Waals surface area contributed by atoms with Crippen LogP contribution in [0.25, 0.3) is 0 Å². The molecule has 1 rings (SSSR count).